The van der Waals surface area contributed by atoms with E-state index in [2.05, 4.69) is 19.2 Å². The fraction of sp³-hybridized carbons (Fsp3) is 0.600. The van der Waals surface area contributed by atoms with Gasteiger partial charge in [0.05, 0.1) is 7.11 Å². The minimum atomic E-state index is 0.167. The fourth-order valence-corrected chi connectivity index (χ4v) is 2.33. The number of hydrogen-bond acceptors (Lipinski definition) is 3. The van der Waals surface area contributed by atoms with Gasteiger partial charge in [0.25, 0.3) is 0 Å². The zero-order valence-corrected chi connectivity index (χ0v) is 11.5. The highest BCUT2D eigenvalue weighted by Crippen LogP contribution is 2.48. The lowest BCUT2D eigenvalue weighted by atomic mass is 10.0. The van der Waals surface area contributed by atoms with E-state index in [1.807, 2.05) is 12.1 Å². The average molecular weight is 249 g/mol. The molecule has 3 nitrogen and oxygen atoms in total. The van der Waals surface area contributed by atoms with Crippen molar-refractivity contribution in [3.63, 3.8) is 0 Å². The van der Waals surface area contributed by atoms with Gasteiger partial charge in [-0.15, -0.1) is 0 Å². The summed E-state index contributed by atoms with van der Waals surface area (Å²) in [5.41, 5.74) is 1.46. The third-order valence-corrected chi connectivity index (χ3v) is 4.19. The van der Waals surface area contributed by atoms with E-state index in [0.29, 0.717) is 16.9 Å². The van der Waals surface area contributed by atoms with Crippen molar-refractivity contribution in [1.82, 2.24) is 5.32 Å². The first-order valence-corrected chi connectivity index (χ1v) is 6.70. The number of hydrogen-bond donors (Lipinski definition) is 2. The monoisotopic (exact) mass is 249 g/mol. The van der Waals surface area contributed by atoms with Crippen LogP contribution in [0.1, 0.15) is 44.7 Å². The van der Waals surface area contributed by atoms with E-state index in [0.717, 1.165) is 12.1 Å². The van der Waals surface area contributed by atoms with Gasteiger partial charge in [-0.25, -0.2) is 0 Å². The van der Waals surface area contributed by atoms with Crippen LogP contribution in [0.2, 0.25) is 0 Å². The summed E-state index contributed by atoms with van der Waals surface area (Å²) in [7, 11) is 1.61. The van der Waals surface area contributed by atoms with Crippen molar-refractivity contribution in [3.8, 4) is 11.5 Å². The van der Waals surface area contributed by atoms with Gasteiger partial charge < -0.3 is 15.2 Å². The van der Waals surface area contributed by atoms with E-state index in [4.69, 9.17) is 4.74 Å². The number of aromatic hydroxyl groups is 1. The predicted molar refractivity (Wildman–Crippen MR) is 73.0 cm³/mol. The molecule has 1 saturated carbocycles. The van der Waals surface area contributed by atoms with Gasteiger partial charge in [0, 0.05) is 24.2 Å². The molecule has 0 spiro atoms. The molecule has 0 bridgehead atoms. The summed E-state index contributed by atoms with van der Waals surface area (Å²) in [6.45, 7) is 5.38. The Balaban J connectivity index is 1.98. The summed E-state index contributed by atoms with van der Waals surface area (Å²) in [4.78, 5) is 0. The Morgan fingerprint density at radius 2 is 2.17 bits per heavy atom. The van der Waals surface area contributed by atoms with E-state index < -0.39 is 0 Å². The van der Waals surface area contributed by atoms with Crippen molar-refractivity contribution < 1.29 is 9.84 Å². The zero-order valence-electron chi connectivity index (χ0n) is 11.5. The fourth-order valence-electron chi connectivity index (χ4n) is 2.33. The van der Waals surface area contributed by atoms with E-state index in [1.165, 1.54) is 19.3 Å². The van der Waals surface area contributed by atoms with Gasteiger partial charge in [-0.2, -0.15) is 0 Å². The number of phenolic OH excluding ortho intramolecular Hbond substituents is 1. The van der Waals surface area contributed by atoms with Crippen molar-refractivity contribution in [2.75, 3.05) is 13.7 Å². The Morgan fingerprint density at radius 3 is 2.67 bits per heavy atom. The van der Waals surface area contributed by atoms with Crippen LogP contribution >= 0.6 is 0 Å². The predicted octanol–water partition coefficient (Wildman–Crippen LogP) is 3.24. The molecule has 1 unspecified atom stereocenters. The van der Waals surface area contributed by atoms with Crippen LogP contribution in [0.25, 0.3) is 0 Å². The van der Waals surface area contributed by atoms with E-state index >= 15 is 0 Å². The molecule has 1 aliphatic rings. The van der Waals surface area contributed by atoms with Gasteiger partial charge in [0.1, 0.15) is 11.5 Å². The van der Waals surface area contributed by atoms with E-state index in [-0.39, 0.29) is 6.04 Å². The molecule has 1 atom stereocenters. The summed E-state index contributed by atoms with van der Waals surface area (Å²) >= 11 is 0. The maximum atomic E-state index is 9.98. The smallest absolute Gasteiger partial charge is 0.124 e. The number of benzene rings is 1. The topological polar surface area (TPSA) is 41.5 Å². The van der Waals surface area contributed by atoms with E-state index in [1.54, 1.807) is 13.2 Å². The van der Waals surface area contributed by atoms with Crippen molar-refractivity contribution in [1.29, 1.82) is 0 Å². The molecule has 1 aliphatic carbocycles. The third-order valence-electron chi connectivity index (χ3n) is 4.19. The molecule has 0 heterocycles. The summed E-state index contributed by atoms with van der Waals surface area (Å²) in [5, 5.41) is 13.5. The molecule has 100 valence electrons. The quantitative estimate of drug-likeness (QED) is 0.813. The maximum absolute atomic E-state index is 9.98. The maximum Gasteiger partial charge on any atom is 0.124 e. The Kier molecular flexibility index (Phi) is 3.81. The SMILES string of the molecule is CCC1(CNC(C)c2ccc(OC)cc2O)CC1. The third kappa shape index (κ3) is 2.78. The Bertz CT molecular complexity index is 413. The highest BCUT2D eigenvalue weighted by Gasteiger charge is 2.40. The molecular weight excluding hydrogens is 226 g/mol. The van der Waals surface area contributed by atoms with Gasteiger partial charge in [-0.1, -0.05) is 13.0 Å². The molecule has 0 radical (unpaired) electrons. The Labute approximate surface area is 109 Å². The molecule has 0 amide bonds. The number of phenols is 1. The number of ether oxygens (including phenoxy) is 1. The van der Waals surface area contributed by atoms with Gasteiger partial charge in [-0.05, 0) is 37.7 Å². The van der Waals surface area contributed by atoms with Crippen LogP contribution in [-0.4, -0.2) is 18.8 Å². The van der Waals surface area contributed by atoms with Crippen molar-refractivity contribution in [2.45, 2.75) is 39.2 Å². The summed E-state index contributed by atoms with van der Waals surface area (Å²) < 4.78 is 5.09. The molecule has 0 aromatic heterocycles. The standard InChI is InChI=1S/C15H23NO2/c1-4-15(7-8-15)10-16-11(2)13-6-5-12(18-3)9-14(13)17/h5-6,9,11,16-17H,4,7-8,10H2,1-3H3. The van der Waals surface area contributed by atoms with Crippen LogP contribution in [0.4, 0.5) is 0 Å². The second kappa shape index (κ2) is 5.19. The summed E-state index contributed by atoms with van der Waals surface area (Å²) in [6.07, 6.45) is 3.90. The second-order valence-corrected chi connectivity index (χ2v) is 5.38. The molecule has 0 aliphatic heterocycles. The highest BCUT2D eigenvalue weighted by atomic mass is 16.5. The minimum Gasteiger partial charge on any atom is -0.507 e. The molecule has 2 rings (SSSR count). The van der Waals surface area contributed by atoms with Crippen LogP contribution in [0.3, 0.4) is 0 Å². The molecule has 18 heavy (non-hydrogen) atoms. The van der Waals surface area contributed by atoms with Gasteiger partial charge >= 0.3 is 0 Å². The molecule has 3 heteroatoms. The van der Waals surface area contributed by atoms with Gasteiger partial charge in [0.15, 0.2) is 0 Å². The molecule has 1 aromatic rings. The second-order valence-electron chi connectivity index (χ2n) is 5.38. The van der Waals surface area contributed by atoms with E-state index in [9.17, 15) is 5.11 Å². The van der Waals surface area contributed by atoms with Crippen molar-refractivity contribution >= 4 is 0 Å². The van der Waals surface area contributed by atoms with Crippen molar-refractivity contribution in [2.24, 2.45) is 5.41 Å². The summed E-state index contributed by atoms with van der Waals surface area (Å²) in [6, 6.07) is 5.65. The average Bonchev–Trinajstić information content (AvgIpc) is 3.16. The molecule has 1 aromatic carbocycles. The lowest BCUT2D eigenvalue weighted by Gasteiger charge is -2.20. The van der Waals surface area contributed by atoms with Gasteiger partial charge in [0.2, 0.25) is 0 Å². The molecule has 1 fully saturated rings. The zero-order chi connectivity index (χ0) is 13.2. The summed E-state index contributed by atoms with van der Waals surface area (Å²) in [5.74, 6) is 0.992. The number of nitrogens with one attached hydrogen (secondary N) is 1. The highest BCUT2D eigenvalue weighted by molar-refractivity contribution is 5.41. The van der Waals surface area contributed by atoms with Crippen molar-refractivity contribution in [3.05, 3.63) is 23.8 Å². The number of methoxy groups -OCH3 is 1. The molecular formula is C15H23NO2. The first-order chi connectivity index (χ1) is 8.60. The largest absolute Gasteiger partial charge is 0.507 e. The Morgan fingerprint density at radius 1 is 1.44 bits per heavy atom. The number of rotatable bonds is 6. The minimum absolute atomic E-state index is 0.167. The first kappa shape index (κ1) is 13.2. The van der Waals surface area contributed by atoms with Crippen LogP contribution < -0.4 is 10.1 Å². The van der Waals surface area contributed by atoms with Crippen LogP contribution in [0, 0.1) is 5.41 Å². The lowest BCUT2D eigenvalue weighted by Crippen LogP contribution is -2.26. The molecule has 0 saturated heterocycles. The lowest BCUT2D eigenvalue weighted by molar-refractivity contribution is 0.393. The van der Waals surface area contributed by atoms with Crippen LogP contribution in [-0.2, 0) is 0 Å². The van der Waals surface area contributed by atoms with Crippen LogP contribution in [0.5, 0.6) is 11.5 Å². The molecule has 2 N–H and O–H groups in total. The first-order valence-electron chi connectivity index (χ1n) is 6.70. The van der Waals surface area contributed by atoms with Gasteiger partial charge in [-0.3, -0.25) is 0 Å². The van der Waals surface area contributed by atoms with Crippen LogP contribution in [0.15, 0.2) is 18.2 Å². The Hall–Kier alpha value is -1.22. The normalized spacial score (nSPS) is 18.4.